The fourth-order valence-electron chi connectivity index (χ4n) is 1.63. The van der Waals surface area contributed by atoms with E-state index >= 15 is 0 Å². The maximum absolute atomic E-state index is 12.2. The number of sulfonamides is 1. The number of hydrogen-bond acceptors (Lipinski definition) is 6. The number of aromatic nitrogens is 2. The molecule has 7 nitrogen and oxygen atoms in total. The zero-order chi connectivity index (χ0) is 15.5. The van der Waals surface area contributed by atoms with Crippen LogP contribution in [0.3, 0.4) is 0 Å². The van der Waals surface area contributed by atoms with E-state index in [-0.39, 0.29) is 10.8 Å². The van der Waals surface area contributed by atoms with E-state index in [9.17, 15) is 8.42 Å². The SMILES string of the molecule is CCOc1cc(C)nc(NS(=O)(=O)c2ccc(N)cc2)n1. The van der Waals surface area contributed by atoms with Gasteiger partial charge >= 0.3 is 0 Å². The van der Waals surface area contributed by atoms with Crippen LogP contribution in [-0.4, -0.2) is 25.0 Å². The van der Waals surface area contributed by atoms with Crippen LogP contribution in [0.4, 0.5) is 11.6 Å². The van der Waals surface area contributed by atoms with E-state index in [1.165, 1.54) is 24.3 Å². The average Bonchev–Trinajstić information content (AvgIpc) is 2.38. The zero-order valence-electron chi connectivity index (χ0n) is 11.7. The predicted molar refractivity (Wildman–Crippen MR) is 79.6 cm³/mol. The van der Waals surface area contributed by atoms with Gasteiger partial charge in [-0.1, -0.05) is 0 Å². The van der Waals surface area contributed by atoms with Gasteiger partial charge in [0, 0.05) is 17.4 Å². The molecule has 21 heavy (non-hydrogen) atoms. The summed E-state index contributed by atoms with van der Waals surface area (Å²) < 4.78 is 32.0. The molecule has 3 N–H and O–H groups in total. The minimum atomic E-state index is -3.76. The molecule has 0 amide bonds. The van der Waals surface area contributed by atoms with Crippen molar-refractivity contribution in [3.05, 3.63) is 36.0 Å². The first-order chi connectivity index (χ1) is 9.90. The number of rotatable bonds is 5. The lowest BCUT2D eigenvalue weighted by atomic mass is 10.3. The van der Waals surface area contributed by atoms with E-state index in [0.717, 1.165) is 0 Å². The molecule has 0 spiro atoms. The highest BCUT2D eigenvalue weighted by molar-refractivity contribution is 7.92. The van der Waals surface area contributed by atoms with Gasteiger partial charge in [-0.3, -0.25) is 0 Å². The van der Waals surface area contributed by atoms with Crippen LogP contribution < -0.4 is 15.2 Å². The first-order valence-corrected chi connectivity index (χ1v) is 7.76. The van der Waals surface area contributed by atoms with Gasteiger partial charge in [0.2, 0.25) is 11.8 Å². The number of nitrogens with zero attached hydrogens (tertiary/aromatic N) is 2. The molecule has 2 rings (SSSR count). The average molecular weight is 308 g/mol. The van der Waals surface area contributed by atoms with Crippen LogP contribution in [0.2, 0.25) is 0 Å². The maximum Gasteiger partial charge on any atom is 0.264 e. The third-order valence-corrected chi connectivity index (χ3v) is 3.88. The van der Waals surface area contributed by atoms with Gasteiger partial charge in [0.1, 0.15) is 0 Å². The first-order valence-electron chi connectivity index (χ1n) is 6.27. The fraction of sp³-hybridized carbons (Fsp3) is 0.231. The zero-order valence-corrected chi connectivity index (χ0v) is 12.5. The molecule has 0 saturated carbocycles. The number of nitrogens with two attached hydrogens (primary N) is 1. The molecule has 1 aromatic carbocycles. The summed E-state index contributed by atoms with van der Waals surface area (Å²) in [4.78, 5) is 8.12. The molecule has 1 aromatic heterocycles. The number of aryl methyl sites for hydroxylation is 1. The smallest absolute Gasteiger partial charge is 0.264 e. The number of nitrogens with one attached hydrogen (secondary N) is 1. The van der Waals surface area contributed by atoms with Gasteiger partial charge in [-0.15, -0.1) is 0 Å². The number of anilines is 2. The standard InChI is InChI=1S/C13H16N4O3S/c1-3-20-12-8-9(2)15-13(16-12)17-21(18,19)11-6-4-10(14)5-7-11/h4-8H,3,14H2,1-2H3,(H,15,16,17). The van der Waals surface area contributed by atoms with Crippen LogP contribution in [0, 0.1) is 6.92 Å². The molecule has 8 heteroatoms. The van der Waals surface area contributed by atoms with Crippen molar-refractivity contribution in [2.24, 2.45) is 0 Å². The van der Waals surface area contributed by atoms with Crippen molar-refractivity contribution in [2.45, 2.75) is 18.7 Å². The van der Waals surface area contributed by atoms with E-state index in [1.807, 2.05) is 6.92 Å². The van der Waals surface area contributed by atoms with Gasteiger partial charge in [-0.05, 0) is 38.1 Å². The van der Waals surface area contributed by atoms with Gasteiger partial charge in [-0.2, -0.15) is 4.98 Å². The second-order valence-electron chi connectivity index (χ2n) is 4.28. The third kappa shape index (κ3) is 3.82. The third-order valence-electron chi connectivity index (χ3n) is 2.54. The Labute approximate surface area is 123 Å². The van der Waals surface area contributed by atoms with E-state index in [1.54, 1.807) is 13.0 Å². The molecule has 112 valence electrons. The van der Waals surface area contributed by atoms with Gasteiger partial charge in [-0.25, -0.2) is 18.1 Å². The lowest BCUT2D eigenvalue weighted by molar-refractivity contribution is 0.326. The van der Waals surface area contributed by atoms with Crippen molar-refractivity contribution in [2.75, 3.05) is 17.1 Å². The molecule has 0 unspecified atom stereocenters. The summed E-state index contributed by atoms with van der Waals surface area (Å²) in [6.45, 7) is 3.97. The quantitative estimate of drug-likeness (QED) is 0.812. The summed E-state index contributed by atoms with van der Waals surface area (Å²) >= 11 is 0. The van der Waals surface area contributed by atoms with Crippen molar-refractivity contribution in [3.8, 4) is 5.88 Å². The molecule has 0 saturated heterocycles. The number of hydrogen-bond donors (Lipinski definition) is 2. The second-order valence-corrected chi connectivity index (χ2v) is 5.96. The van der Waals surface area contributed by atoms with Gasteiger partial charge in [0.15, 0.2) is 0 Å². The van der Waals surface area contributed by atoms with Crippen LogP contribution in [0.25, 0.3) is 0 Å². The second kappa shape index (κ2) is 5.96. The van der Waals surface area contributed by atoms with Crippen molar-refractivity contribution in [1.29, 1.82) is 0 Å². The molecule has 0 aliphatic heterocycles. The number of benzene rings is 1. The fourth-order valence-corrected chi connectivity index (χ4v) is 2.58. The van der Waals surface area contributed by atoms with E-state index in [0.29, 0.717) is 23.9 Å². The molecule has 1 heterocycles. The Kier molecular flexibility index (Phi) is 4.27. The highest BCUT2D eigenvalue weighted by Crippen LogP contribution is 2.17. The Bertz CT molecular complexity index is 730. The lowest BCUT2D eigenvalue weighted by Crippen LogP contribution is -2.15. The van der Waals surface area contributed by atoms with Crippen LogP contribution in [-0.2, 0) is 10.0 Å². The Morgan fingerprint density at radius 1 is 1.24 bits per heavy atom. The molecular weight excluding hydrogens is 292 g/mol. The summed E-state index contributed by atoms with van der Waals surface area (Å²) in [5.74, 6) is 0.287. The Balaban J connectivity index is 2.30. The van der Waals surface area contributed by atoms with E-state index in [4.69, 9.17) is 10.5 Å². The Morgan fingerprint density at radius 2 is 1.90 bits per heavy atom. The van der Waals surface area contributed by atoms with Crippen LogP contribution in [0.1, 0.15) is 12.6 Å². The highest BCUT2D eigenvalue weighted by Gasteiger charge is 2.16. The minimum Gasteiger partial charge on any atom is -0.478 e. The molecule has 0 aliphatic rings. The van der Waals surface area contributed by atoms with Gasteiger partial charge in [0.05, 0.1) is 11.5 Å². The minimum absolute atomic E-state index is 0.0322. The molecule has 0 atom stereocenters. The van der Waals surface area contributed by atoms with Crippen molar-refractivity contribution in [1.82, 2.24) is 9.97 Å². The van der Waals surface area contributed by atoms with Crippen molar-refractivity contribution < 1.29 is 13.2 Å². The largest absolute Gasteiger partial charge is 0.478 e. The molecule has 0 aliphatic carbocycles. The molecule has 2 aromatic rings. The van der Waals surface area contributed by atoms with Crippen molar-refractivity contribution in [3.63, 3.8) is 0 Å². The van der Waals surface area contributed by atoms with Crippen LogP contribution in [0.5, 0.6) is 5.88 Å². The van der Waals surface area contributed by atoms with Crippen LogP contribution >= 0.6 is 0 Å². The topological polar surface area (TPSA) is 107 Å². The summed E-state index contributed by atoms with van der Waals surface area (Å²) in [6, 6.07) is 7.48. The first kappa shape index (κ1) is 15.0. The number of nitrogen functional groups attached to an aromatic ring is 1. The lowest BCUT2D eigenvalue weighted by Gasteiger charge is -2.09. The van der Waals surface area contributed by atoms with Gasteiger partial charge in [0.25, 0.3) is 10.0 Å². The number of ether oxygens (including phenoxy) is 1. The summed E-state index contributed by atoms with van der Waals surface area (Å²) in [5, 5.41) is 0. The highest BCUT2D eigenvalue weighted by atomic mass is 32.2. The molecule has 0 fully saturated rings. The van der Waals surface area contributed by atoms with E-state index < -0.39 is 10.0 Å². The maximum atomic E-state index is 12.2. The molecule has 0 radical (unpaired) electrons. The Morgan fingerprint density at radius 3 is 2.52 bits per heavy atom. The Hall–Kier alpha value is -2.35. The van der Waals surface area contributed by atoms with Crippen LogP contribution in [0.15, 0.2) is 35.2 Å². The molecular formula is C13H16N4O3S. The monoisotopic (exact) mass is 308 g/mol. The normalized spacial score (nSPS) is 11.1. The van der Waals surface area contributed by atoms with Crippen molar-refractivity contribution >= 4 is 21.7 Å². The summed E-state index contributed by atoms with van der Waals surface area (Å²) in [6.07, 6.45) is 0. The predicted octanol–water partition coefficient (Wildman–Crippen LogP) is 1.57. The summed E-state index contributed by atoms with van der Waals surface area (Å²) in [5.41, 5.74) is 6.63. The van der Waals surface area contributed by atoms with Gasteiger partial charge < -0.3 is 10.5 Å². The summed E-state index contributed by atoms with van der Waals surface area (Å²) in [7, 11) is -3.76. The van der Waals surface area contributed by atoms with E-state index in [2.05, 4.69) is 14.7 Å². The molecule has 0 bridgehead atoms.